The van der Waals surface area contributed by atoms with Gasteiger partial charge in [0.2, 0.25) is 0 Å². The second-order valence-electron chi connectivity index (χ2n) is 5.66. The van der Waals surface area contributed by atoms with E-state index in [1.165, 1.54) is 9.13 Å². The van der Waals surface area contributed by atoms with Gasteiger partial charge >= 0.3 is 0 Å². The molecule has 0 amide bonds. The number of phenolic OH excluding ortho intramolecular Hbond substituents is 1. The van der Waals surface area contributed by atoms with E-state index in [0.29, 0.717) is 16.7 Å². The number of halogens is 2. The summed E-state index contributed by atoms with van der Waals surface area (Å²) in [5.41, 5.74) is 2.31. The Morgan fingerprint density at radius 2 is 1.76 bits per heavy atom. The summed E-state index contributed by atoms with van der Waals surface area (Å²) >= 11 is 8.53. The van der Waals surface area contributed by atoms with Crippen molar-refractivity contribution < 1.29 is 5.11 Å². The van der Waals surface area contributed by atoms with E-state index in [9.17, 15) is 5.11 Å². The third-order valence-electron chi connectivity index (χ3n) is 4.20. The minimum Gasteiger partial charge on any atom is -0.508 e. The van der Waals surface area contributed by atoms with Crippen molar-refractivity contribution in [3.8, 4) is 5.75 Å². The largest absolute Gasteiger partial charge is 0.508 e. The molecule has 1 unspecified atom stereocenters. The number of likely N-dealkylation sites (tertiary alicyclic amines) is 1. The lowest BCUT2D eigenvalue weighted by Crippen LogP contribution is -2.13. The van der Waals surface area contributed by atoms with E-state index in [2.05, 4.69) is 58.8 Å². The first kappa shape index (κ1) is 15.1. The fourth-order valence-corrected chi connectivity index (χ4v) is 4.20. The van der Waals surface area contributed by atoms with Crippen molar-refractivity contribution in [1.82, 2.24) is 4.90 Å². The Morgan fingerprint density at radius 1 is 1.10 bits per heavy atom. The van der Waals surface area contributed by atoms with Crippen LogP contribution in [-0.2, 0) is 0 Å². The molecule has 1 fully saturated rings. The minimum atomic E-state index is 0.268. The summed E-state index contributed by atoms with van der Waals surface area (Å²) in [6.45, 7) is 1.93. The van der Waals surface area contributed by atoms with Gasteiger partial charge in [-0.1, -0.05) is 29.8 Å². The predicted octanol–water partition coefficient (Wildman–Crippen LogP) is 4.46. The second-order valence-corrected chi connectivity index (χ2v) is 7.26. The molecular formula is C17H17ClINO. The van der Waals surface area contributed by atoms with Gasteiger partial charge in [0.25, 0.3) is 0 Å². The average Bonchev–Trinajstić information content (AvgIpc) is 2.83. The van der Waals surface area contributed by atoms with Crippen molar-refractivity contribution >= 4 is 34.2 Å². The van der Waals surface area contributed by atoms with Gasteiger partial charge in [0.15, 0.2) is 0 Å². The van der Waals surface area contributed by atoms with Crippen molar-refractivity contribution in [2.45, 2.75) is 11.8 Å². The zero-order chi connectivity index (χ0) is 15.0. The van der Waals surface area contributed by atoms with Crippen LogP contribution in [0.25, 0.3) is 0 Å². The number of rotatable bonds is 2. The highest BCUT2D eigenvalue weighted by Crippen LogP contribution is 2.43. The molecule has 0 aromatic heterocycles. The monoisotopic (exact) mass is 413 g/mol. The molecule has 1 saturated heterocycles. The quantitative estimate of drug-likeness (QED) is 0.735. The van der Waals surface area contributed by atoms with Gasteiger partial charge in [0.1, 0.15) is 5.75 Å². The maximum atomic E-state index is 10.2. The van der Waals surface area contributed by atoms with Crippen molar-refractivity contribution in [1.29, 1.82) is 0 Å². The lowest BCUT2D eigenvalue weighted by atomic mass is 9.84. The molecular weight excluding hydrogens is 397 g/mol. The molecule has 0 radical (unpaired) electrons. The molecule has 1 aliphatic heterocycles. The number of benzene rings is 2. The van der Waals surface area contributed by atoms with E-state index in [0.717, 1.165) is 18.7 Å². The van der Waals surface area contributed by atoms with Crippen molar-refractivity contribution in [3.05, 3.63) is 62.2 Å². The highest BCUT2D eigenvalue weighted by atomic mass is 127. The standard InChI is InChI=1S/C17H17ClINO/c1-20-9-14(12-4-2-3-5-16(12)19)15(10-20)13-8-11(18)6-7-17(13)21/h2-8,14-15,21H,9-10H2,1H3/t14-,15?/m1/s1. The molecule has 0 spiro atoms. The fraction of sp³-hybridized carbons (Fsp3) is 0.294. The van der Waals surface area contributed by atoms with E-state index in [1.54, 1.807) is 12.1 Å². The average molecular weight is 414 g/mol. The lowest BCUT2D eigenvalue weighted by Gasteiger charge is -2.21. The summed E-state index contributed by atoms with van der Waals surface area (Å²) in [5, 5.41) is 10.9. The van der Waals surface area contributed by atoms with Gasteiger partial charge in [-0.25, -0.2) is 0 Å². The van der Waals surface area contributed by atoms with Crippen LogP contribution in [0.5, 0.6) is 5.75 Å². The summed E-state index contributed by atoms with van der Waals surface area (Å²) in [4.78, 5) is 2.32. The second kappa shape index (κ2) is 6.15. The molecule has 21 heavy (non-hydrogen) atoms. The normalized spacial score (nSPS) is 22.6. The first-order valence-electron chi connectivity index (χ1n) is 6.97. The number of aromatic hydroxyl groups is 1. The van der Waals surface area contributed by atoms with Gasteiger partial charge < -0.3 is 10.0 Å². The summed E-state index contributed by atoms with van der Waals surface area (Å²) in [7, 11) is 2.13. The summed E-state index contributed by atoms with van der Waals surface area (Å²) in [5.74, 6) is 0.993. The summed E-state index contributed by atoms with van der Waals surface area (Å²) in [6.07, 6.45) is 0. The Labute approximate surface area is 143 Å². The van der Waals surface area contributed by atoms with Crippen LogP contribution in [0, 0.1) is 3.57 Å². The molecule has 0 bridgehead atoms. The van der Waals surface area contributed by atoms with Crippen molar-refractivity contribution in [3.63, 3.8) is 0 Å². The number of hydrogen-bond donors (Lipinski definition) is 1. The first-order valence-corrected chi connectivity index (χ1v) is 8.43. The molecule has 0 saturated carbocycles. The van der Waals surface area contributed by atoms with Gasteiger partial charge in [-0.05, 0) is 59.5 Å². The Balaban J connectivity index is 2.04. The van der Waals surface area contributed by atoms with E-state index in [4.69, 9.17) is 11.6 Å². The van der Waals surface area contributed by atoms with Crippen LogP contribution in [0.3, 0.4) is 0 Å². The minimum absolute atomic E-state index is 0.268. The van der Waals surface area contributed by atoms with Gasteiger partial charge in [-0.15, -0.1) is 0 Å². The number of hydrogen-bond acceptors (Lipinski definition) is 2. The maximum Gasteiger partial charge on any atom is 0.119 e. The van der Waals surface area contributed by atoms with E-state index < -0.39 is 0 Å². The third-order valence-corrected chi connectivity index (χ3v) is 5.41. The van der Waals surface area contributed by atoms with E-state index in [-0.39, 0.29) is 5.92 Å². The molecule has 110 valence electrons. The predicted molar refractivity (Wildman–Crippen MR) is 95.3 cm³/mol. The van der Waals surface area contributed by atoms with Crippen LogP contribution in [0.1, 0.15) is 23.0 Å². The van der Waals surface area contributed by atoms with E-state index in [1.807, 2.05) is 6.07 Å². The zero-order valence-electron chi connectivity index (χ0n) is 11.8. The van der Waals surface area contributed by atoms with Crippen LogP contribution in [0.4, 0.5) is 0 Å². The van der Waals surface area contributed by atoms with Crippen LogP contribution < -0.4 is 0 Å². The number of nitrogens with zero attached hydrogens (tertiary/aromatic N) is 1. The van der Waals surface area contributed by atoms with Gasteiger partial charge in [-0.3, -0.25) is 0 Å². The molecule has 2 aromatic rings. The Bertz CT molecular complexity index is 661. The Hall–Kier alpha value is -0.780. The molecule has 3 rings (SSSR count). The Kier molecular flexibility index (Phi) is 4.43. The highest BCUT2D eigenvalue weighted by molar-refractivity contribution is 14.1. The smallest absolute Gasteiger partial charge is 0.119 e. The topological polar surface area (TPSA) is 23.5 Å². The van der Waals surface area contributed by atoms with Crippen LogP contribution in [-0.4, -0.2) is 30.1 Å². The molecule has 2 atom stereocenters. The van der Waals surface area contributed by atoms with Gasteiger partial charge in [-0.2, -0.15) is 0 Å². The maximum absolute atomic E-state index is 10.2. The summed E-state index contributed by atoms with van der Waals surface area (Å²) in [6, 6.07) is 13.8. The molecule has 0 aliphatic carbocycles. The van der Waals surface area contributed by atoms with Gasteiger partial charge in [0, 0.05) is 39.1 Å². The SMILES string of the molecule is CN1CC(c2cc(Cl)ccc2O)[C@@H](c2ccccc2I)C1. The molecule has 1 heterocycles. The van der Waals surface area contributed by atoms with Crippen molar-refractivity contribution in [2.75, 3.05) is 20.1 Å². The fourth-order valence-electron chi connectivity index (χ4n) is 3.23. The van der Waals surface area contributed by atoms with Crippen LogP contribution in [0.2, 0.25) is 5.02 Å². The first-order chi connectivity index (χ1) is 10.1. The number of likely N-dealkylation sites (N-methyl/N-ethyl adjacent to an activating group) is 1. The van der Waals surface area contributed by atoms with Gasteiger partial charge in [0.05, 0.1) is 0 Å². The zero-order valence-corrected chi connectivity index (χ0v) is 14.7. The Morgan fingerprint density at radius 3 is 2.48 bits per heavy atom. The summed E-state index contributed by atoms with van der Waals surface area (Å²) < 4.78 is 1.28. The number of phenols is 1. The highest BCUT2D eigenvalue weighted by Gasteiger charge is 2.35. The third kappa shape index (κ3) is 3.05. The molecule has 1 N–H and O–H groups in total. The molecule has 2 nitrogen and oxygen atoms in total. The van der Waals surface area contributed by atoms with E-state index >= 15 is 0 Å². The van der Waals surface area contributed by atoms with Crippen LogP contribution >= 0.6 is 34.2 Å². The van der Waals surface area contributed by atoms with Crippen LogP contribution in [0.15, 0.2) is 42.5 Å². The molecule has 1 aliphatic rings. The molecule has 4 heteroatoms. The molecule has 2 aromatic carbocycles. The lowest BCUT2D eigenvalue weighted by molar-refractivity contribution is 0.405. The van der Waals surface area contributed by atoms with Crippen molar-refractivity contribution in [2.24, 2.45) is 0 Å².